The van der Waals surface area contributed by atoms with E-state index < -0.39 is 11.7 Å². The highest BCUT2D eigenvalue weighted by Crippen LogP contribution is 2.39. The predicted octanol–water partition coefficient (Wildman–Crippen LogP) is 7.92. The molecule has 1 aliphatic rings. The lowest BCUT2D eigenvalue weighted by Gasteiger charge is -2.36. The maximum absolute atomic E-state index is 13.0. The van der Waals surface area contributed by atoms with Crippen LogP contribution in [-0.4, -0.2) is 19.2 Å². The van der Waals surface area contributed by atoms with Crippen molar-refractivity contribution >= 4 is 34.6 Å². The lowest BCUT2D eigenvalue weighted by molar-refractivity contribution is -0.137. The lowest BCUT2D eigenvalue weighted by atomic mass is 9.99. The molecule has 1 heterocycles. The Morgan fingerprint density at radius 3 is 2.39 bits per heavy atom. The topological polar surface area (TPSA) is 24.5 Å². The fraction of sp³-hybridized carbons (Fsp3) is 0.241. The second-order valence-corrected chi connectivity index (χ2v) is 8.90. The minimum Gasteiger partial charge on any atom is -0.486 e. The normalized spacial score (nSPS) is 16.1. The van der Waals surface area contributed by atoms with Crippen LogP contribution in [0.15, 0.2) is 91.0 Å². The van der Waals surface area contributed by atoms with Crippen LogP contribution in [0.2, 0.25) is 0 Å². The van der Waals surface area contributed by atoms with Crippen molar-refractivity contribution < 1.29 is 17.9 Å². The Hall–Kier alpha value is -3.22. The Bertz CT molecular complexity index is 1300. The number of benzene rings is 4. The molecular weight excluding hydrogens is 485 g/mol. The number of ether oxygens (including phenoxy) is 1. The van der Waals surface area contributed by atoms with Crippen LogP contribution in [-0.2, 0) is 6.18 Å². The number of nitrogens with zero attached hydrogens (tertiary/aromatic N) is 1. The third kappa shape index (κ3) is 5.45. The van der Waals surface area contributed by atoms with Crippen molar-refractivity contribution in [2.45, 2.75) is 31.7 Å². The zero-order chi connectivity index (χ0) is 24.4. The van der Waals surface area contributed by atoms with Crippen molar-refractivity contribution in [1.29, 1.82) is 0 Å². The number of fused-ring (bicyclic) bond motifs is 2. The molecule has 0 amide bonds. The largest absolute Gasteiger partial charge is 0.486 e. The van der Waals surface area contributed by atoms with Gasteiger partial charge in [-0.3, -0.25) is 0 Å². The molecule has 0 aliphatic carbocycles. The Morgan fingerprint density at radius 1 is 0.917 bits per heavy atom. The van der Waals surface area contributed by atoms with Gasteiger partial charge in [0.25, 0.3) is 0 Å². The number of alkyl halides is 3. The monoisotopic (exact) mass is 512 g/mol. The fourth-order valence-corrected chi connectivity index (χ4v) is 4.72. The summed E-state index contributed by atoms with van der Waals surface area (Å²) in [5.41, 5.74) is 2.19. The highest BCUT2D eigenvalue weighted by molar-refractivity contribution is 5.86. The summed E-state index contributed by atoms with van der Waals surface area (Å²) in [5.74, 6) is 0.741. The highest BCUT2D eigenvalue weighted by atomic mass is 35.5. The molecule has 36 heavy (non-hydrogen) atoms. The van der Waals surface area contributed by atoms with Crippen LogP contribution < -0.4 is 15.0 Å². The first kappa shape index (κ1) is 25.9. The molecule has 0 radical (unpaired) electrons. The van der Waals surface area contributed by atoms with Crippen molar-refractivity contribution in [2.75, 3.05) is 18.0 Å². The summed E-state index contributed by atoms with van der Waals surface area (Å²) in [4.78, 5) is 2.04. The van der Waals surface area contributed by atoms with Crippen molar-refractivity contribution in [3.05, 3.63) is 102 Å². The summed E-state index contributed by atoms with van der Waals surface area (Å²) >= 11 is 0. The molecule has 4 aromatic rings. The van der Waals surface area contributed by atoms with Gasteiger partial charge in [0.2, 0.25) is 0 Å². The molecular formula is C29H28ClF3N2O. The van der Waals surface area contributed by atoms with Gasteiger partial charge in [0.1, 0.15) is 11.9 Å². The predicted molar refractivity (Wildman–Crippen MR) is 142 cm³/mol. The zero-order valence-electron chi connectivity index (χ0n) is 19.8. The first-order valence-electron chi connectivity index (χ1n) is 11.8. The average molecular weight is 513 g/mol. The summed E-state index contributed by atoms with van der Waals surface area (Å²) < 4.78 is 45.4. The van der Waals surface area contributed by atoms with Crippen molar-refractivity contribution in [3.63, 3.8) is 0 Å². The van der Waals surface area contributed by atoms with E-state index in [1.54, 1.807) is 0 Å². The molecule has 3 nitrogen and oxygen atoms in total. The summed E-state index contributed by atoms with van der Waals surface area (Å²) in [5, 5.41) is 6.08. The Labute approximate surface area is 215 Å². The van der Waals surface area contributed by atoms with Gasteiger partial charge in [-0.15, -0.1) is 12.4 Å². The third-order valence-electron chi connectivity index (χ3n) is 6.55. The van der Waals surface area contributed by atoms with E-state index in [0.717, 1.165) is 42.2 Å². The molecule has 0 saturated heterocycles. The molecule has 0 spiro atoms. The molecule has 1 unspecified atom stereocenters. The minimum atomic E-state index is -4.35. The van der Waals surface area contributed by atoms with E-state index in [1.165, 1.54) is 28.5 Å². The van der Waals surface area contributed by atoms with Crippen molar-refractivity contribution in [2.24, 2.45) is 0 Å². The average Bonchev–Trinajstić information content (AvgIpc) is 2.87. The van der Waals surface area contributed by atoms with Crippen molar-refractivity contribution in [3.8, 4) is 5.75 Å². The first-order valence-corrected chi connectivity index (χ1v) is 11.8. The van der Waals surface area contributed by atoms with E-state index in [0.29, 0.717) is 6.54 Å². The van der Waals surface area contributed by atoms with E-state index in [4.69, 9.17) is 4.74 Å². The van der Waals surface area contributed by atoms with Gasteiger partial charge in [-0.05, 0) is 72.6 Å². The number of para-hydroxylation sites is 2. The van der Waals surface area contributed by atoms with Crippen LogP contribution in [0.5, 0.6) is 5.75 Å². The van der Waals surface area contributed by atoms with Crippen LogP contribution in [0, 0.1) is 0 Å². The number of anilines is 2. The quantitative estimate of drug-likeness (QED) is 0.284. The summed E-state index contributed by atoms with van der Waals surface area (Å²) in [6, 6.07) is 27.9. The standard InChI is InChI=1S/C29H27F3N2O.ClH/c1-20(25-10-6-8-21-7-2-3-9-26(21)25)33-18-17-24-19-34(27-11-4-5-12-28(27)35-24)23-15-13-22(14-16-23)29(30,31)32;/h2-16,20,24,33H,17-19H2,1H3;1H/t20-,24?;/m1./s1. The summed E-state index contributed by atoms with van der Waals surface area (Å²) in [6.45, 7) is 3.47. The molecule has 0 bridgehead atoms. The van der Waals surface area contributed by atoms with Gasteiger partial charge in [-0.1, -0.05) is 54.6 Å². The fourth-order valence-electron chi connectivity index (χ4n) is 4.72. The number of hydrogen-bond donors (Lipinski definition) is 1. The molecule has 1 aliphatic heterocycles. The lowest BCUT2D eigenvalue weighted by Crippen LogP contribution is -2.39. The molecule has 4 aromatic carbocycles. The van der Waals surface area contributed by atoms with E-state index >= 15 is 0 Å². The van der Waals surface area contributed by atoms with Gasteiger partial charge < -0.3 is 15.0 Å². The minimum absolute atomic E-state index is 0. The molecule has 188 valence electrons. The molecule has 0 aromatic heterocycles. The van der Waals surface area contributed by atoms with Gasteiger partial charge in [0, 0.05) is 11.7 Å². The Kier molecular flexibility index (Phi) is 7.76. The van der Waals surface area contributed by atoms with Gasteiger partial charge in [0.05, 0.1) is 17.8 Å². The second-order valence-electron chi connectivity index (χ2n) is 8.90. The first-order chi connectivity index (χ1) is 16.9. The van der Waals surface area contributed by atoms with Crippen LogP contribution in [0.25, 0.3) is 10.8 Å². The van der Waals surface area contributed by atoms with Crippen LogP contribution >= 0.6 is 12.4 Å². The number of hydrogen-bond acceptors (Lipinski definition) is 3. The smallest absolute Gasteiger partial charge is 0.416 e. The van der Waals surface area contributed by atoms with Crippen LogP contribution in [0.3, 0.4) is 0 Å². The maximum Gasteiger partial charge on any atom is 0.416 e. The van der Waals surface area contributed by atoms with E-state index in [2.05, 4.69) is 48.6 Å². The number of rotatable bonds is 6. The molecule has 5 rings (SSSR count). The summed E-state index contributed by atoms with van der Waals surface area (Å²) in [6.07, 6.45) is -3.68. The van der Waals surface area contributed by atoms with E-state index in [9.17, 15) is 13.2 Å². The van der Waals surface area contributed by atoms with Crippen LogP contribution in [0.1, 0.15) is 30.5 Å². The Balaban J connectivity index is 0.00000304. The van der Waals surface area contributed by atoms with Crippen LogP contribution in [0.4, 0.5) is 24.5 Å². The van der Waals surface area contributed by atoms with E-state index in [-0.39, 0.29) is 24.6 Å². The third-order valence-corrected chi connectivity index (χ3v) is 6.55. The van der Waals surface area contributed by atoms with Crippen molar-refractivity contribution in [1.82, 2.24) is 5.32 Å². The molecule has 1 N–H and O–H groups in total. The SMILES string of the molecule is C[C@@H](NCCC1CN(c2ccc(C(F)(F)F)cc2)c2ccccc2O1)c1cccc2ccccc12.Cl. The number of nitrogens with one attached hydrogen (secondary N) is 1. The molecule has 0 fully saturated rings. The number of halogens is 4. The summed E-state index contributed by atoms with van der Waals surface area (Å²) in [7, 11) is 0. The molecule has 0 saturated carbocycles. The van der Waals surface area contributed by atoms with Gasteiger partial charge in [-0.2, -0.15) is 13.2 Å². The zero-order valence-corrected chi connectivity index (χ0v) is 20.7. The van der Waals surface area contributed by atoms with E-state index in [1.807, 2.05) is 35.2 Å². The highest BCUT2D eigenvalue weighted by Gasteiger charge is 2.31. The maximum atomic E-state index is 13.0. The molecule has 2 atom stereocenters. The Morgan fingerprint density at radius 2 is 1.61 bits per heavy atom. The van der Waals surface area contributed by atoms with Gasteiger partial charge in [-0.25, -0.2) is 0 Å². The van der Waals surface area contributed by atoms with Gasteiger partial charge in [0.15, 0.2) is 0 Å². The molecule has 7 heteroatoms. The van der Waals surface area contributed by atoms with Gasteiger partial charge >= 0.3 is 6.18 Å². The second kappa shape index (κ2) is 10.8.